The Kier molecular flexibility index (Phi) is 8.94. The molecule has 2 N–H and O–H groups in total. The van der Waals surface area contributed by atoms with Gasteiger partial charge in [0.15, 0.2) is 0 Å². The number of hydrogen-bond acceptors (Lipinski definition) is 5. The van der Waals surface area contributed by atoms with Crippen molar-refractivity contribution in [1.29, 1.82) is 0 Å². The summed E-state index contributed by atoms with van der Waals surface area (Å²) >= 11 is 0. The van der Waals surface area contributed by atoms with Crippen LogP contribution in [0.3, 0.4) is 0 Å². The summed E-state index contributed by atoms with van der Waals surface area (Å²) in [4.78, 5) is 4.22. The lowest BCUT2D eigenvalue weighted by molar-refractivity contribution is 0.0439. The molecule has 0 amide bonds. The molecular weight excluding hydrogens is 470 g/mol. The Balaban J connectivity index is 0.000000155. The summed E-state index contributed by atoms with van der Waals surface area (Å²) in [5, 5.41) is 6.41. The van der Waals surface area contributed by atoms with Crippen molar-refractivity contribution in [3.63, 3.8) is 0 Å². The van der Waals surface area contributed by atoms with E-state index in [4.69, 9.17) is 9.47 Å². The summed E-state index contributed by atoms with van der Waals surface area (Å²) in [6, 6.07) is 27.7. The lowest BCUT2D eigenvalue weighted by atomic mass is 9.89. The molecule has 4 aromatic rings. The van der Waals surface area contributed by atoms with Gasteiger partial charge in [0, 0.05) is 31.0 Å². The second-order valence-electron chi connectivity index (χ2n) is 9.69. The van der Waals surface area contributed by atoms with Crippen molar-refractivity contribution in [3.8, 4) is 22.3 Å². The minimum Gasteiger partial charge on any atom is -0.372 e. The van der Waals surface area contributed by atoms with Crippen molar-refractivity contribution < 1.29 is 9.47 Å². The van der Waals surface area contributed by atoms with Crippen LogP contribution in [0.5, 0.6) is 0 Å². The van der Waals surface area contributed by atoms with Gasteiger partial charge >= 0.3 is 0 Å². The molecule has 0 saturated heterocycles. The van der Waals surface area contributed by atoms with E-state index >= 15 is 0 Å². The van der Waals surface area contributed by atoms with Gasteiger partial charge in [-0.15, -0.1) is 0 Å². The maximum absolute atomic E-state index is 5.87. The Morgan fingerprint density at radius 2 is 1.21 bits per heavy atom. The predicted molar refractivity (Wildman–Crippen MR) is 154 cm³/mol. The van der Waals surface area contributed by atoms with Gasteiger partial charge < -0.3 is 20.1 Å². The molecule has 0 spiro atoms. The smallest absolute Gasteiger partial charge is 0.0952 e. The van der Waals surface area contributed by atoms with Crippen LogP contribution >= 0.6 is 0 Å². The molecule has 5 nitrogen and oxygen atoms in total. The van der Waals surface area contributed by atoms with Crippen molar-refractivity contribution in [2.24, 2.45) is 0 Å². The van der Waals surface area contributed by atoms with E-state index in [1.165, 1.54) is 44.5 Å². The van der Waals surface area contributed by atoms with Crippen LogP contribution in [-0.2, 0) is 22.3 Å². The van der Waals surface area contributed by atoms with E-state index < -0.39 is 0 Å². The average Bonchev–Trinajstić information content (AvgIpc) is 2.98. The topological polar surface area (TPSA) is 55.4 Å². The van der Waals surface area contributed by atoms with Crippen LogP contribution in [-0.4, -0.2) is 45.4 Å². The number of rotatable bonds is 6. The third-order valence-corrected chi connectivity index (χ3v) is 7.30. The molecule has 1 aromatic heterocycles. The largest absolute Gasteiger partial charge is 0.372 e. The lowest BCUT2D eigenvalue weighted by Crippen LogP contribution is -2.25. The lowest BCUT2D eigenvalue weighted by Gasteiger charge is -2.28. The van der Waals surface area contributed by atoms with Gasteiger partial charge in [0.1, 0.15) is 0 Å². The Morgan fingerprint density at radius 3 is 1.74 bits per heavy atom. The molecule has 2 aliphatic heterocycles. The quantitative estimate of drug-likeness (QED) is 0.347. The van der Waals surface area contributed by atoms with E-state index in [2.05, 4.69) is 88.4 Å². The van der Waals surface area contributed by atoms with Crippen molar-refractivity contribution in [3.05, 3.63) is 114 Å². The number of likely N-dealkylation sites (N-methyl/N-ethyl adjacent to an activating group) is 2. The van der Waals surface area contributed by atoms with Crippen LogP contribution in [0, 0.1) is 0 Å². The van der Waals surface area contributed by atoms with E-state index in [1.807, 2.05) is 32.6 Å². The Bertz CT molecular complexity index is 1210. The van der Waals surface area contributed by atoms with Crippen LogP contribution in [0.1, 0.15) is 34.5 Å². The van der Waals surface area contributed by atoms with E-state index in [0.717, 1.165) is 39.1 Å². The first-order chi connectivity index (χ1) is 18.8. The van der Waals surface area contributed by atoms with Crippen LogP contribution in [0.15, 0.2) is 91.3 Å². The normalized spacial score (nSPS) is 18.1. The highest BCUT2D eigenvalue weighted by Gasteiger charge is 2.23. The molecular formula is C33H37N3O2. The maximum Gasteiger partial charge on any atom is 0.0952 e. The van der Waals surface area contributed by atoms with Gasteiger partial charge in [-0.3, -0.25) is 4.98 Å². The highest BCUT2D eigenvalue weighted by Crippen LogP contribution is 2.35. The van der Waals surface area contributed by atoms with E-state index in [1.54, 1.807) is 0 Å². The summed E-state index contributed by atoms with van der Waals surface area (Å²) < 4.78 is 11.7. The van der Waals surface area contributed by atoms with E-state index in [0.29, 0.717) is 0 Å². The summed E-state index contributed by atoms with van der Waals surface area (Å²) in [6.07, 6.45) is 6.05. The fourth-order valence-electron chi connectivity index (χ4n) is 5.55. The number of fused-ring (bicyclic) bond motifs is 2. The number of pyridine rings is 1. The Morgan fingerprint density at radius 1 is 0.658 bits per heavy atom. The van der Waals surface area contributed by atoms with Gasteiger partial charge in [-0.2, -0.15) is 0 Å². The SMILES string of the molecule is CNC[C@@H]1OCCc2c(-c3cccnc3)cccc21.CNC[C@H]1OCCc2c(-c3ccccc3)cccc21. The zero-order valence-corrected chi connectivity index (χ0v) is 22.3. The van der Waals surface area contributed by atoms with Crippen molar-refractivity contribution in [2.45, 2.75) is 25.0 Å². The predicted octanol–water partition coefficient (Wildman–Crippen LogP) is 5.77. The number of hydrogen-bond donors (Lipinski definition) is 2. The minimum atomic E-state index is 0.158. The molecule has 0 aliphatic carbocycles. The van der Waals surface area contributed by atoms with Crippen molar-refractivity contribution in [2.75, 3.05) is 40.4 Å². The molecule has 2 atom stereocenters. The summed E-state index contributed by atoms with van der Waals surface area (Å²) in [6.45, 7) is 3.31. The van der Waals surface area contributed by atoms with E-state index in [-0.39, 0.29) is 12.2 Å². The monoisotopic (exact) mass is 507 g/mol. The molecule has 3 heterocycles. The molecule has 0 bridgehead atoms. The number of nitrogens with one attached hydrogen (secondary N) is 2. The van der Waals surface area contributed by atoms with Crippen molar-refractivity contribution >= 4 is 0 Å². The standard InChI is InChI=1S/C17H19NO.C16H18N2O/c1-18-12-17-16-9-5-8-14(15(16)10-11-19-17)13-6-3-2-4-7-13;1-17-11-16-15-6-2-5-13(14(15)7-9-19-16)12-4-3-8-18-10-12/h2-9,17-18H,10-12H2,1H3;2-6,8,10,16-17H,7,9,11H2,1H3/t17-;16-/m10/s1. The molecule has 5 heteroatoms. The first-order valence-electron chi connectivity index (χ1n) is 13.5. The Hall–Kier alpha value is -3.35. The fourth-order valence-corrected chi connectivity index (χ4v) is 5.55. The second-order valence-corrected chi connectivity index (χ2v) is 9.69. The van der Waals surface area contributed by atoms with E-state index in [9.17, 15) is 0 Å². The molecule has 0 unspecified atom stereocenters. The summed E-state index contributed by atoms with van der Waals surface area (Å²) in [5.74, 6) is 0. The molecule has 2 aliphatic rings. The van der Waals surface area contributed by atoms with Gasteiger partial charge in [-0.05, 0) is 71.9 Å². The molecule has 38 heavy (non-hydrogen) atoms. The summed E-state index contributed by atoms with van der Waals surface area (Å²) in [7, 11) is 3.93. The second kappa shape index (κ2) is 12.9. The Labute approximate surface area is 226 Å². The van der Waals surface area contributed by atoms with Gasteiger partial charge in [0.2, 0.25) is 0 Å². The van der Waals surface area contributed by atoms with Crippen LogP contribution < -0.4 is 10.6 Å². The summed E-state index contributed by atoms with van der Waals surface area (Å²) in [5.41, 5.74) is 10.6. The number of aromatic nitrogens is 1. The molecule has 0 radical (unpaired) electrons. The van der Waals surface area contributed by atoms with Gasteiger partial charge in [-0.1, -0.05) is 72.8 Å². The zero-order chi connectivity index (χ0) is 26.2. The fraction of sp³-hybridized carbons (Fsp3) is 0.303. The first kappa shape index (κ1) is 26.3. The first-order valence-corrected chi connectivity index (χ1v) is 13.5. The van der Waals surface area contributed by atoms with Crippen LogP contribution in [0.2, 0.25) is 0 Å². The molecule has 6 rings (SSSR count). The molecule has 3 aromatic carbocycles. The van der Waals surface area contributed by atoms with Gasteiger partial charge in [0.05, 0.1) is 25.4 Å². The maximum atomic E-state index is 5.87. The van der Waals surface area contributed by atoms with Crippen LogP contribution in [0.25, 0.3) is 22.3 Å². The van der Waals surface area contributed by atoms with Crippen LogP contribution in [0.4, 0.5) is 0 Å². The zero-order valence-electron chi connectivity index (χ0n) is 22.3. The number of ether oxygens (including phenoxy) is 2. The number of nitrogens with zero attached hydrogens (tertiary/aromatic N) is 1. The highest BCUT2D eigenvalue weighted by molar-refractivity contribution is 5.70. The third-order valence-electron chi connectivity index (χ3n) is 7.30. The molecule has 0 fully saturated rings. The third kappa shape index (κ3) is 5.87. The van der Waals surface area contributed by atoms with Crippen molar-refractivity contribution in [1.82, 2.24) is 15.6 Å². The highest BCUT2D eigenvalue weighted by atomic mass is 16.5. The average molecular weight is 508 g/mol. The van der Waals surface area contributed by atoms with Gasteiger partial charge in [0.25, 0.3) is 0 Å². The molecule has 0 saturated carbocycles. The minimum absolute atomic E-state index is 0.158. The number of benzene rings is 3. The molecule has 196 valence electrons. The van der Waals surface area contributed by atoms with Gasteiger partial charge in [-0.25, -0.2) is 0 Å².